The lowest BCUT2D eigenvalue weighted by molar-refractivity contribution is 0.105. The summed E-state index contributed by atoms with van der Waals surface area (Å²) < 4.78 is 29.2. The molecule has 2 rings (SSSR count). The molecule has 0 nitrogen and oxygen atoms in total. The first-order valence-electron chi connectivity index (χ1n) is 9.80. The Morgan fingerprint density at radius 3 is 1.62 bits per heavy atom. The van der Waals surface area contributed by atoms with Gasteiger partial charge in [-0.3, -0.25) is 0 Å². The third-order valence-corrected chi connectivity index (χ3v) is 5.60. The van der Waals surface area contributed by atoms with Crippen molar-refractivity contribution in [1.29, 1.82) is 0 Å². The highest BCUT2D eigenvalue weighted by Crippen LogP contribution is 2.44. The molecular weight excluding hydrogens is 346 g/mol. The third-order valence-electron chi connectivity index (χ3n) is 4.60. The zero-order valence-corrected chi connectivity index (χ0v) is 16.8. The van der Waals surface area contributed by atoms with E-state index in [0.717, 1.165) is 31.2 Å². The van der Waals surface area contributed by atoms with Crippen molar-refractivity contribution in [1.82, 2.24) is 0 Å². The van der Waals surface area contributed by atoms with E-state index in [0.29, 0.717) is 16.7 Å². The predicted octanol–water partition coefficient (Wildman–Crippen LogP) is 7.99. The summed E-state index contributed by atoms with van der Waals surface area (Å²) in [7, 11) is 0. The minimum atomic E-state index is -2.91. The molecule has 0 saturated carbocycles. The highest BCUT2D eigenvalue weighted by Gasteiger charge is 2.32. The summed E-state index contributed by atoms with van der Waals surface area (Å²) >= 11 is 0.630. The maximum absolute atomic E-state index is 14.6. The van der Waals surface area contributed by atoms with Gasteiger partial charge in [-0.05, 0) is 60.7 Å². The van der Waals surface area contributed by atoms with E-state index in [1.807, 2.05) is 36.4 Å². The molecule has 2 aromatic rings. The van der Waals surface area contributed by atoms with Gasteiger partial charge in [0.05, 0.1) is 0 Å². The van der Waals surface area contributed by atoms with E-state index >= 15 is 0 Å². The molecule has 0 fully saturated rings. The lowest BCUT2D eigenvalue weighted by atomic mass is 10.1. The standard InChI is InChI=1S/C23H30F2S/c1-3-5-7-9-19-11-15-21(16-12-19)23(24,25)26-22-17-13-20(14-18-22)10-8-6-4-2/h11-18H,3-10H2,1-2H3. The molecular formula is C23H30F2S. The second kappa shape index (κ2) is 10.7. The van der Waals surface area contributed by atoms with E-state index < -0.39 is 5.25 Å². The molecule has 142 valence electrons. The van der Waals surface area contributed by atoms with Gasteiger partial charge in [0.1, 0.15) is 0 Å². The van der Waals surface area contributed by atoms with Crippen LogP contribution in [0.15, 0.2) is 53.4 Å². The molecule has 0 aliphatic carbocycles. The van der Waals surface area contributed by atoms with E-state index in [2.05, 4.69) is 13.8 Å². The summed E-state index contributed by atoms with van der Waals surface area (Å²) in [6.45, 7) is 4.35. The number of hydrogen-bond donors (Lipinski definition) is 0. The van der Waals surface area contributed by atoms with Crippen LogP contribution in [0.3, 0.4) is 0 Å². The zero-order chi connectivity index (χ0) is 18.8. The predicted molar refractivity (Wildman–Crippen MR) is 109 cm³/mol. The van der Waals surface area contributed by atoms with Crippen molar-refractivity contribution in [2.45, 2.75) is 75.4 Å². The van der Waals surface area contributed by atoms with Crippen LogP contribution < -0.4 is 0 Å². The van der Waals surface area contributed by atoms with Crippen LogP contribution in [0.5, 0.6) is 0 Å². The number of halogens is 2. The fraction of sp³-hybridized carbons (Fsp3) is 0.478. The number of unbranched alkanes of at least 4 members (excludes halogenated alkanes) is 4. The van der Waals surface area contributed by atoms with Gasteiger partial charge in [-0.15, -0.1) is 0 Å². The van der Waals surface area contributed by atoms with Crippen molar-refractivity contribution in [3.05, 3.63) is 65.2 Å². The molecule has 0 radical (unpaired) electrons. The molecule has 0 aliphatic heterocycles. The van der Waals surface area contributed by atoms with Crippen molar-refractivity contribution in [3.63, 3.8) is 0 Å². The molecule has 0 unspecified atom stereocenters. The molecule has 0 amide bonds. The van der Waals surface area contributed by atoms with Gasteiger partial charge in [0, 0.05) is 10.5 Å². The van der Waals surface area contributed by atoms with Crippen LogP contribution in [0.25, 0.3) is 0 Å². The van der Waals surface area contributed by atoms with E-state index in [9.17, 15) is 8.78 Å². The lowest BCUT2D eigenvalue weighted by Gasteiger charge is -2.17. The Bertz CT molecular complexity index is 632. The molecule has 0 bridgehead atoms. The van der Waals surface area contributed by atoms with Gasteiger partial charge in [-0.2, -0.15) is 8.78 Å². The van der Waals surface area contributed by atoms with Crippen LogP contribution in [0.2, 0.25) is 0 Å². The molecule has 0 atom stereocenters. The third kappa shape index (κ3) is 6.75. The van der Waals surface area contributed by atoms with Crippen molar-refractivity contribution in [2.75, 3.05) is 0 Å². The van der Waals surface area contributed by atoms with Gasteiger partial charge in [-0.1, -0.05) is 75.9 Å². The summed E-state index contributed by atoms with van der Waals surface area (Å²) in [5.41, 5.74) is 2.44. The fourth-order valence-corrected chi connectivity index (χ4v) is 3.78. The fourth-order valence-electron chi connectivity index (χ4n) is 2.95. The average Bonchev–Trinajstić information content (AvgIpc) is 2.64. The van der Waals surface area contributed by atoms with E-state index in [4.69, 9.17) is 0 Å². The first-order valence-corrected chi connectivity index (χ1v) is 10.6. The molecule has 0 N–H and O–H groups in total. The minimum Gasteiger partial charge on any atom is -0.188 e. The number of benzene rings is 2. The van der Waals surface area contributed by atoms with Gasteiger partial charge < -0.3 is 0 Å². The van der Waals surface area contributed by atoms with Crippen molar-refractivity contribution in [2.24, 2.45) is 0 Å². The Kier molecular flexibility index (Phi) is 8.64. The highest BCUT2D eigenvalue weighted by molar-refractivity contribution is 8.00. The summed E-state index contributed by atoms with van der Waals surface area (Å²) in [4.78, 5) is 0.612. The molecule has 0 saturated heterocycles. The second-order valence-electron chi connectivity index (χ2n) is 6.87. The second-order valence-corrected chi connectivity index (χ2v) is 8.06. The van der Waals surface area contributed by atoms with Crippen LogP contribution >= 0.6 is 11.8 Å². The SMILES string of the molecule is CCCCCc1ccc(SC(F)(F)c2ccc(CCCCC)cc2)cc1. The molecule has 0 heterocycles. The van der Waals surface area contributed by atoms with E-state index in [1.54, 1.807) is 12.1 Å². The summed E-state index contributed by atoms with van der Waals surface area (Å²) in [5, 5.41) is -2.91. The Balaban J connectivity index is 1.94. The normalized spacial score (nSPS) is 11.7. The minimum absolute atomic E-state index is 0.0776. The summed E-state index contributed by atoms with van der Waals surface area (Å²) in [6.07, 6.45) is 9.02. The summed E-state index contributed by atoms with van der Waals surface area (Å²) in [6, 6.07) is 14.4. The van der Waals surface area contributed by atoms with Gasteiger partial charge in [0.15, 0.2) is 0 Å². The smallest absolute Gasteiger partial charge is 0.188 e. The van der Waals surface area contributed by atoms with Crippen molar-refractivity contribution < 1.29 is 8.78 Å². The van der Waals surface area contributed by atoms with Crippen molar-refractivity contribution >= 4 is 11.8 Å². The molecule has 0 spiro atoms. The number of alkyl halides is 2. The summed E-state index contributed by atoms with van der Waals surface area (Å²) in [5.74, 6) is 0. The topological polar surface area (TPSA) is 0 Å². The van der Waals surface area contributed by atoms with Gasteiger partial charge in [0.2, 0.25) is 0 Å². The largest absolute Gasteiger partial charge is 0.323 e. The van der Waals surface area contributed by atoms with Crippen LogP contribution in [0.4, 0.5) is 8.78 Å². The van der Waals surface area contributed by atoms with Crippen LogP contribution in [0.1, 0.15) is 69.1 Å². The molecule has 3 heteroatoms. The molecule has 2 aromatic carbocycles. The number of rotatable bonds is 11. The number of hydrogen-bond acceptors (Lipinski definition) is 1. The first kappa shape index (κ1) is 21.0. The number of thioether (sulfide) groups is 1. The van der Waals surface area contributed by atoms with E-state index in [-0.39, 0.29) is 5.56 Å². The first-order chi connectivity index (χ1) is 12.5. The van der Waals surface area contributed by atoms with E-state index in [1.165, 1.54) is 31.2 Å². The lowest BCUT2D eigenvalue weighted by Crippen LogP contribution is -2.07. The Labute approximate surface area is 161 Å². The van der Waals surface area contributed by atoms with Crippen LogP contribution in [0, 0.1) is 0 Å². The quantitative estimate of drug-likeness (QED) is 0.283. The molecule has 0 aliphatic rings. The zero-order valence-electron chi connectivity index (χ0n) is 15.9. The Morgan fingerprint density at radius 1 is 0.692 bits per heavy atom. The van der Waals surface area contributed by atoms with Crippen LogP contribution in [-0.4, -0.2) is 0 Å². The molecule has 0 aromatic heterocycles. The average molecular weight is 377 g/mol. The maximum atomic E-state index is 14.6. The highest BCUT2D eigenvalue weighted by atomic mass is 32.2. The monoisotopic (exact) mass is 376 g/mol. The van der Waals surface area contributed by atoms with Gasteiger partial charge >= 0.3 is 5.25 Å². The van der Waals surface area contributed by atoms with Crippen LogP contribution in [-0.2, 0) is 18.1 Å². The maximum Gasteiger partial charge on any atom is 0.323 e. The van der Waals surface area contributed by atoms with Gasteiger partial charge in [0.25, 0.3) is 0 Å². The van der Waals surface area contributed by atoms with Crippen molar-refractivity contribution in [3.8, 4) is 0 Å². The Hall–Kier alpha value is -1.35. The van der Waals surface area contributed by atoms with Gasteiger partial charge in [-0.25, -0.2) is 0 Å². The number of aryl methyl sites for hydroxylation is 2. The Morgan fingerprint density at radius 2 is 1.15 bits per heavy atom. The molecule has 26 heavy (non-hydrogen) atoms.